The van der Waals surface area contributed by atoms with Crippen molar-refractivity contribution in [3.8, 4) is 11.5 Å². The number of hydrogen-bond donors (Lipinski definition) is 1. The van der Waals surface area contributed by atoms with Crippen LogP contribution in [0.25, 0.3) is 0 Å². The molecule has 0 heterocycles. The van der Waals surface area contributed by atoms with E-state index in [9.17, 15) is 4.79 Å². The summed E-state index contributed by atoms with van der Waals surface area (Å²) in [6.45, 7) is 2.44. The van der Waals surface area contributed by atoms with Crippen LogP contribution in [0.3, 0.4) is 0 Å². The molecule has 0 saturated heterocycles. The number of hydrogen-bond acceptors (Lipinski definition) is 4. The van der Waals surface area contributed by atoms with E-state index < -0.39 is 0 Å². The molecular weight excluding hydrogens is 268 g/mol. The van der Waals surface area contributed by atoms with Gasteiger partial charge in [-0.25, -0.2) is 0 Å². The second kappa shape index (κ2) is 7.88. The largest absolute Gasteiger partial charge is 0.497 e. The Morgan fingerprint density at radius 2 is 1.95 bits per heavy atom. The van der Waals surface area contributed by atoms with Crippen molar-refractivity contribution in [2.24, 2.45) is 5.92 Å². The highest BCUT2D eigenvalue weighted by Crippen LogP contribution is 2.27. The van der Waals surface area contributed by atoms with Crippen LogP contribution in [0.1, 0.15) is 12.8 Å². The summed E-state index contributed by atoms with van der Waals surface area (Å²) >= 11 is 0. The van der Waals surface area contributed by atoms with E-state index in [0.717, 1.165) is 24.0 Å². The molecule has 0 aromatic heterocycles. The topological polar surface area (TPSA) is 50.8 Å². The lowest BCUT2D eigenvalue weighted by molar-refractivity contribution is -0.129. The zero-order valence-corrected chi connectivity index (χ0v) is 12.8. The van der Waals surface area contributed by atoms with Gasteiger partial charge in [0.25, 0.3) is 0 Å². The number of ether oxygens (including phenoxy) is 2. The van der Waals surface area contributed by atoms with Gasteiger partial charge in [0.2, 0.25) is 5.91 Å². The molecule has 5 nitrogen and oxygen atoms in total. The Bertz CT molecular complexity index is 443. The Morgan fingerprint density at radius 1 is 1.29 bits per heavy atom. The molecule has 1 aromatic carbocycles. The first-order chi connectivity index (χ1) is 10.2. The standard InChI is InChI=1S/C16H24N2O3/c1-18(16(19)12-17-11-13-3-4-13)9-10-21-15-7-5-14(20-2)6-8-15/h5-8,13,17H,3-4,9-12H2,1-2H3. The fourth-order valence-corrected chi connectivity index (χ4v) is 1.94. The van der Waals surface area contributed by atoms with Crippen molar-refractivity contribution in [3.05, 3.63) is 24.3 Å². The molecule has 1 fully saturated rings. The molecule has 116 valence electrons. The van der Waals surface area contributed by atoms with Gasteiger partial charge < -0.3 is 19.7 Å². The van der Waals surface area contributed by atoms with Gasteiger partial charge in [-0.2, -0.15) is 0 Å². The number of nitrogens with one attached hydrogen (secondary N) is 1. The van der Waals surface area contributed by atoms with Crippen LogP contribution < -0.4 is 14.8 Å². The van der Waals surface area contributed by atoms with Gasteiger partial charge in [-0.3, -0.25) is 4.79 Å². The minimum absolute atomic E-state index is 0.106. The summed E-state index contributed by atoms with van der Waals surface area (Å²) in [7, 11) is 3.44. The van der Waals surface area contributed by atoms with E-state index in [1.54, 1.807) is 19.1 Å². The molecule has 0 bridgehead atoms. The highest BCUT2D eigenvalue weighted by atomic mass is 16.5. The van der Waals surface area contributed by atoms with Crippen LogP contribution in [-0.4, -0.2) is 51.2 Å². The molecule has 2 rings (SSSR count). The van der Waals surface area contributed by atoms with E-state index in [4.69, 9.17) is 9.47 Å². The second-order valence-corrected chi connectivity index (χ2v) is 5.41. The van der Waals surface area contributed by atoms with E-state index in [0.29, 0.717) is 19.7 Å². The van der Waals surface area contributed by atoms with E-state index in [1.165, 1.54) is 12.8 Å². The first kappa shape index (κ1) is 15.6. The van der Waals surface area contributed by atoms with E-state index in [1.807, 2.05) is 24.3 Å². The Kier molecular flexibility index (Phi) is 5.87. The van der Waals surface area contributed by atoms with Gasteiger partial charge in [0.15, 0.2) is 0 Å². The first-order valence-electron chi connectivity index (χ1n) is 7.40. The van der Waals surface area contributed by atoms with Crippen molar-refractivity contribution in [1.82, 2.24) is 10.2 Å². The van der Waals surface area contributed by atoms with Gasteiger partial charge in [-0.05, 0) is 49.6 Å². The van der Waals surface area contributed by atoms with Gasteiger partial charge in [0.1, 0.15) is 18.1 Å². The lowest BCUT2D eigenvalue weighted by Crippen LogP contribution is -2.38. The number of carbonyl (C=O) groups excluding carboxylic acids is 1. The van der Waals surface area contributed by atoms with Crippen LogP contribution in [0.4, 0.5) is 0 Å². The number of carbonyl (C=O) groups is 1. The molecule has 1 saturated carbocycles. The van der Waals surface area contributed by atoms with Crippen molar-refractivity contribution >= 4 is 5.91 Å². The van der Waals surface area contributed by atoms with Crippen LogP contribution in [-0.2, 0) is 4.79 Å². The minimum atomic E-state index is 0.106. The van der Waals surface area contributed by atoms with Gasteiger partial charge in [-0.15, -0.1) is 0 Å². The van der Waals surface area contributed by atoms with Crippen molar-refractivity contribution in [2.75, 3.05) is 40.4 Å². The van der Waals surface area contributed by atoms with Crippen LogP contribution in [0.15, 0.2) is 24.3 Å². The molecule has 1 amide bonds. The predicted octanol–water partition coefficient (Wildman–Crippen LogP) is 1.53. The third kappa shape index (κ3) is 5.63. The van der Waals surface area contributed by atoms with Crippen molar-refractivity contribution < 1.29 is 14.3 Å². The highest BCUT2D eigenvalue weighted by Gasteiger charge is 2.20. The molecule has 0 spiro atoms. The molecular formula is C16H24N2O3. The van der Waals surface area contributed by atoms with Crippen molar-refractivity contribution in [3.63, 3.8) is 0 Å². The molecule has 1 N–H and O–H groups in total. The maximum absolute atomic E-state index is 11.9. The molecule has 21 heavy (non-hydrogen) atoms. The van der Waals surface area contributed by atoms with Crippen LogP contribution in [0.5, 0.6) is 11.5 Å². The maximum Gasteiger partial charge on any atom is 0.236 e. The summed E-state index contributed by atoms with van der Waals surface area (Å²) in [4.78, 5) is 13.6. The number of likely N-dealkylation sites (N-methyl/N-ethyl adjacent to an activating group) is 1. The molecule has 0 atom stereocenters. The number of benzene rings is 1. The van der Waals surface area contributed by atoms with Gasteiger partial charge in [-0.1, -0.05) is 0 Å². The Hall–Kier alpha value is -1.75. The highest BCUT2D eigenvalue weighted by molar-refractivity contribution is 5.77. The summed E-state index contributed by atoms with van der Waals surface area (Å²) in [5, 5.41) is 3.20. The summed E-state index contributed by atoms with van der Waals surface area (Å²) in [6, 6.07) is 7.42. The van der Waals surface area contributed by atoms with E-state index in [-0.39, 0.29) is 5.91 Å². The average molecular weight is 292 g/mol. The maximum atomic E-state index is 11.9. The Balaban J connectivity index is 1.60. The van der Waals surface area contributed by atoms with Gasteiger partial charge >= 0.3 is 0 Å². The van der Waals surface area contributed by atoms with Crippen LogP contribution in [0, 0.1) is 5.92 Å². The summed E-state index contributed by atoms with van der Waals surface area (Å²) in [5.74, 6) is 2.48. The van der Waals surface area contributed by atoms with Gasteiger partial charge in [0.05, 0.1) is 20.2 Å². The van der Waals surface area contributed by atoms with Gasteiger partial charge in [0, 0.05) is 7.05 Å². The molecule has 1 aromatic rings. The molecule has 1 aliphatic carbocycles. The number of amides is 1. The monoisotopic (exact) mass is 292 g/mol. The number of nitrogens with zero attached hydrogens (tertiary/aromatic N) is 1. The summed E-state index contributed by atoms with van der Waals surface area (Å²) < 4.78 is 10.7. The van der Waals surface area contributed by atoms with E-state index >= 15 is 0 Å². The fourth-order valence-electron chi connectivity index (χ4n) is 1.94. The molecule has 5 heteroatoms. The summed E-state index contributed by atoms with van der Waals surface area (Å²) in [5.41, 5.74) is 0. The van der Waals surface area contributed by atoms with Crippen LogP contribution in [0.2, 0.25) is 0 Å². The predicted molar refractivity (Wildman–Crippen MR) is 81.7 cm³/mol. The Morgan fingerprint density at radius 3 is 2.57 bits per heavy atom. The number of methoxy groups -OCH3 is 1. The lowest BCUT2D eigenvalue weighted by Gasteiger charge is -2.18. The minimum Gasteiger partial charge on any atom is -0.497 e. The smallest absolute Gasteiger partial charge is 0.236 e. The molecule has 0 radical (unpaired) electrons. The quantitative estimate of drug-likeness (QED) is 0.750. The zero-order chi connectivity index (χ0) is 15.1. The normalized spacial score (nSPS) is 13.8. The third-order valence-corrected chi connectivity index (χ3v) is 3.59. The van der Waals surface area contributed by atoms with Crippen molar-refractivity contribution in [2.45, 2.75) is 12.8 Å². The molecule has 1 aliphatic rings. The second-order valence-electron chi connectivity index (χ2n) is 5.41. The lowest BCUT2D eigenvalue weighted by atomic mass is 10.3. The fraction of sp³-hybridized carbons (Fsp3) is 0.562. The Labute approximate surface area is 126 Å². The third-order valence-electron chi connectivity index (χ3n) is 3.59. The summed E-state index contributed by atoms with van der Waals surface area (Å²) in [6.07, 6.45) is 2.60. The van der Waals surface area contributed by atoms with Crippen LogP contribution >= 0.6 is 0 Å². The zero-order valence-electron chi connectivity index (χ0n) is 12.8. The molecule has 0 unspecified atom stereocenters. The average Bonchev–Trinajstić information content (AvgIpc) is 3.32. The number of rotatable bonds is 9. The first-order valence-corrected chi connectivity index (χ1v) is 7.40. The van der Waals surface area contributed by atoms with Crippen molar-refractivity contribution in [1.29, 1.82) is 0 Å². The SMILES string of the molecule is COc1ccc(OCCN(C)C(=O)CNCC2CC2)cc1. The molecule has 0 aliphatic heterocycles. The van der Waals surface area contributed by atoms with E-state index in [2.05, 4.69) is 5.32 Å².